The highest BCUT2D eigenvalue weighted by atomic mass is 79.9. The summed E-state index contributed by atoms with van der Waals surface area (Å²) in [4.78, 5) is 19.4. The Morgan fingerprint density at radius 2 is 1.89 bits per heavy atom. The lowest BCUT2D eigenvalue weighted by Crippen LogP contribution is -2.16. The number of nitrogens with one attached hydrogen (secondary N) is 2. The lowest BCUT2D eigenvalue weighted by Gasteiger charge is -2.14. The van der Waals surface area contributed by atoms with Crippen LogP contribution in [0.3, 0.4) is 0 Å². The zero-order chi connectivity index (χ0) is 24.6. The second-order valence-electron chi connectivity index (χ2n) is 7.24. The Morgan fingerprint density at radius 1 is 1.11 bits per heavy atom. The molecule has 0 aliphatic rings. The molecule has 0 atom stereocenters. The van der Waals surface area contributed by atoms with Gasteiger partial charge in [-0.1, -0.05) is 70.5 Å². The number of halogens is 1. The van der Waals surface area contributed by atoms with Gasteiger partial charge in [0.25, 0.3) is 5.56 Å². The number of benzene rings is 3. The van der Waals surface area contributed by atoms with Crippen LogP contribution in [0.5, 0.6) is 11.5 Å². The van der Waals surface area contributed by atoms with Crippen molar-refractivity contribution < 1.29 is 9.47 Å². The number of hydrazone groups is 1. The van der Waals surface area contributed by atoms with E-state index in [1.807, 2.05) is 60.7 Å². The number of ether oxygens (including phenoxy) is 2. The zero-order valence-corrected chi connectivity index (χ0v) is 20.2. The molecule has 0 saturated carbocycles. The minimum Gasteiger partial charge on any atom is -0.493 e. The molecule has 2 N–H and O–H groups in total. The molecule has 8 nitrogen and oxygen atoms in total. The van der Waals surface area contributed by atoms with Gasteiger partial charge in [-0.05, 0) is 18.2 Å². The van der Waals surface area contributed by atoms with Gasteiger partial charge >= 0.3 is 0 Å². The molecule has 1 aromatic heterocycles. The van der Waals surface area contributed by atoms with Crippen LogP contribution in [0.1, 0.15) is 16.7 Å². The van der Waals surface area contributed by atoms with Crippen molar-refractivity contribution in [1.29, 1.82) is 5.26 Å². The van der Waals surface area contributed by atoms with Gasteiger partial charge in [0.1, 0.15) is 18.2 Å². The molecule has 0 amide bonds. The van der Waals surface area contributed by atoms with Gasteiger partial charge in [-0.3, -0.25) is 9.78 Å². The first-order valence-electron chi connectivity index (χ1n) is 10.5. The zero-order valence-electron chi connectivity index (χ0n) is 18.7. The highest BCUT2D eigenvalue weighted by molar-refractivity contribution is 9.10. The number of hydrogen-bond acceptors (Lipinski definition) is 7. The van der Waals surface area contributed by atoms with E-state index >= 15 is 0 Å². The van der Waals surface area contributed by atoms with Gasteiger partial charge in [0.15, 0.2) is 11.5 Å². The summed E-state index contributed by atoms with van der Waals surface area (Å²) >= 11 is 3.53. The van der Waals surface area contributed by atoms with Crippen molar-refractivity contribution in [1.82, 2.24) is 9.97 Å². The molecule has 0 fully saturated rings. The number of hydrogen-bond donors (Lipinski definition) is 2. The normalized spacial score (nSPS) is 10.7. The van der Waals surface area contributed by atoms with Gasteiger partial charge in [-0.25, -0.2) is 10.4 Å². The Bertz CT molecular complexity index is 1460. The fourth-order valence-corrected chi connectivity index (χ4v) is 3.71. The highest BCUT2D eigenvalue weighted by Gasteiger charge is 2.13. The summed E-state index contributed by atoms with van der Waals surface area (Å²) in [5.41, 5.74) is 4.66. The van der Waals surface area contributed by atoms with Crippen LogP contribution in [0.15, 0.2) is 87.2 Å². The molecule has 0 saturated heterocycles. The molecule has 0 unspecified atom stereocenters. The summed E-state index contributed by atoms with van der Waals surface area (Å²) in [6.45, 7) is 0.320. The Balaban J connectivity index is 1.59. The largest absolute Gasteiger partial charge is 0.493 e. The fraction of sp³-hybridized carbons (Fsp3) is 0.0769. The summed E-state index contributed by atoms with van der Waals surface area (Å²) in [5.74, 6) is 1.17. The molecular weight excluding hydrogens is 510 g/mol. The summed E-state index contributed by atoms with van der Waals surface area (Å²) in [5, 5.41) is 13.6. The number of methoxy groups -OCH3 is 1. The van der Waals surface area contributed by atoms with Gasteiger partial charge in [0.2, 0.25) is 5.95 Å². The third-order valence-electron chi connectivity index (χ3n) is 5.01. The fourth-order valence-electron chi connectivity index (χ4n) is 3.31. The van der Waals surface area contributed by atoms with Crippen molar-refractivity contribution in [3.8, 4) is 28.8 Å². The summed E-state index contributed by atoms with van der Waals surface area (Å²) in [6.07, 6.45) is 1.54. The Labute approximate surface area is 210 Å². The van der Waals surface area contributed by atoms with E-state index in [9.17, 15) is 10.1 Å². The molecule has 4 rings (SSSR count). The molecule has 0 aliphatic heterocycles. The molecule has 3 aromatic carbocycles. The smallest absolute Gasteiger partial charge is 0.270 e. The topological polar surface area (TPSA) is 112 Å². The number of rotatable bonds is 8. The van der Waals surface area contributed by atoms with Gasteiger partial charge in [0, 0.05) is 21.2 Å². The van der Waals surface area contributed by atoms with Crippen molar-refractivity contribution >= 4 is 28.1 Å². The lowest BCUT2D eigenvalue weighted by molar-refractivity contribution is 0.283. The second-order valence-corrected chi connectivity index (χ2v) is 8.10. The number of para-hydroxylation sites is 1. The summed E-state index contributed by atoms with van der Waals surface area (Å²) in [7, 11) is 1.57. The maximum Gasteiger partial charge on any atom is 0.270 e. The van der Waals surface area contributed by atoms with E-state index in [4.69, 9.17) is 9.47 Å². The van der Waals surface area contributed by atoms with Crippen LogP contribution < -0.4 is 20.5 Å². The molecule has 0 aliphatic carbocycles. The van der Waals surface area contributed by atoms with Crippen molar-refractivity contribution in [2.24, 2.45) is 5.10 Å². The van der Waals surface area contributed by atoms with E-state index in [0.717, 1.165) is 10.0 Å². The monoisotopic (exact) mass is 529 g/mol. The Kier molecular flexibility index (Phi) is 7.55. The van der Waals surface area contributed by atoms with Gasteiger partial charge in [-0.15, -0.1) is 0 Å². The highest BCUT2D eigenvalue weighted by Crippen LogP contribution is 2.31. The standard InChI is InChI=1S/C26H20BrN5O3/c1-34-22-13-7-11-18(24(22)35-16-19-10-5-6-12-21(19)27)15-29-32-26-30-23(17-8-3-2-4-9-17)20(14-28)25(33)31-26/h2-13,15H,16H2,1H3,(H2,30,31,32,33). The molecule has 35 heavy (non-hydrogen) atoms. The quantitative estimate of drug-likeness (QED) is 0.242. The molecule has 0 bridgehead atoms. The van der Waals surface area contributed by atoms with E-state index in [2.05, 4.69) is 36.4 Å². The first-order valence-corrected chi connectivity index (χ1v) is 11.3. The van der Waals surface area contributed by atoms with Crippen LogP contribution in [-0.4, -0.2) is 23.3 Å². The number of H-pyrrole nitrogens is 1. The lowest BCUT2D eigenvalue weighted by atomic mass is 10.1. The van der Waals surface area contributed by atoms with E-state index < -0.39 is 5.56 Å². The summed E-state index contributed by atoms with van der Waals surface area (Å²) in [6, 6.07) is 24.2. The van der Waals surface area contributed by atoms with Gasteiger partial charge < -0.3 is 9.47 Å². The second kappa shape index (κ2) is 11.1. The van der Waals surface area contributed by atoms with Crippen molar-refractivity contribution in [2.75, 3.05) is 12.5 Å². The average Bonchev–Trinajstić information content (AvgIpc) is 2.88. The molecule has 0 spiro atoms. The first-order chi connectivity index (χ1) is 17.1. The molecule has 0 radical (unpaired) electrons. The minimum atomic E-state index is -0.558. The number of aromatic nitrogens is 2. The van der Waals surface area contributed by atoms with Crippen LogP contribution in [0.4, 0.5) is 5.95 Å². The number of aromatic amines is 1. The third kappa shape index (κ3) is 5.57. The molecule has 174 valence electrons. The third-order valence-corrected chi connectivity index (χ3v) is 5.79. The first kappa shape index (κ1) is 23.7. The SMILES string of the molecule is COc1cccc(C=NNc2nc(-c3ccccc3)c(C#N)c(=O)[nH]2)c1OCc1ccccc1Br. The predicted molar refractivity (Wildman–Crippen MR) is 138 cm³/mol. The van der Waals surface area contributed by atoms with Crippen molar-refractivity contribution in [3.63, 3.8) is 0 Å². The molecule has 9 heteroatoms. The molecule has 4 aromatic rings. The van der Waals surface area contributed by atoms with Crippen LogP contribution in [0.2, 0.25) is 0 Å². The van der Waals surface area contributed by atoms with Gasteiger partial charge in [0.05, 0.1) is 19.0 Å². The predicted octanol–water partition coefficient (Wildman–Crippen LogP) is 5.10. The Hall–Kier alpha value is -4.42. The van der Waals surface area contributed by atoms with E-state index in [-0.39, 0.29) is 17.2 Å². The van der Waals surface area contributed by atoms with Crippen LogP contribution in [0.25, 0.3) is 11.3 Å². The van der Waals surface area contributed by atoms with E-state index in [0.29, 0.717) is 29.2 Å². The maximum absolute atomic E-state index is 12.4. The minimum absolute atomic E-state index is 0.0683. The van der Waals surface area contributed by atoms with E-state index in [1.165, 1.54) is 6.21 Å². The number of anilines is 1. The van der Waals surface area contributed by atoms with Gasteiger partial charge in [-0.2, -0.15) is 10.4 Å². The molecular formula is C26H20BrN5O3. The number of nitrogens with zero attached hydrogens (tertiary/aromatic N) is 3. The van der Waals surface area contributed by atoms with Crippen LogP contribution in [-0.2, 0) is 6.61 Å². The van der Waals surface area contributed by atoms with Crippen molar-refractivity contribution in [3.05, 3.63) is 104 Å². The van der Waals surface area contributed by atoms with Crippen molar-refractivity contribution in [2.45, 2.75) is 6.61 Å². The Morgan fingerprint density at radius 3 is 2.63 bits per heavy atom. The van der Waals surface area contributed by atoms with Crippen LogP contribution >= 0.6 is 15.9 Å². The van der Waals surface area contributed by atoms with Crippen LogP contribution in [0, 0.1) is 11.3 Å². The number of nitriles is 1. The summed E-state index contributed by atoms with van der Waals surface area (Å²) < 4.78 is 12.5. The van der Waals surface area contributed by atoms with E-state index in [1.54, 1.807) is 25.3 Å². The average molecular weight is 530 g/mol. The maximum atomic E-state index is 12.4. The molecule has 1 heterocycles.